The zero-order valence-electron chi connectivity index (χ0n) is 16.1. The molecule has 142 valence electrons. The van der Waals surface area contributed by atoms with Crippen molar-refractivity contribution in [3.8, 4) is 11.5 Å². The van der Waals surface area contributed by atoms with Crippen LogP contribution in [0.1, 0.15) is 47.8 Å². The SMILES string of the molecule is COc1ccc(N2C(=O)c3ccccc3C2N(C)C)cc1OC1CCCC1. The van der Waals surface area contributed by atoms with E-state index in [1.165, 1.54) is 12.8 Å². The van der Waals surface area contributed by atoms with Gasteiger partial charge in [-0.2, -0.15) is 0 Å². The highest BCUT2D eigenvalue weighted by molar-refractivity contribution is 6.11. The van der Waals surface area contributed by atoms with Gasteiger partial charge in [0, 0.05) is 22.9 Å². The molecule has 0 saturated heterocycles. The molecule has 1 unspecified atom stereocenters. The van der Waals surface area contributed by atoms with E-state index in [0.29, 0.717) is 11.5 Å². The Bertz CT molecular complexity index is 843. The second-order valence-electron chi connectivity index (χ2n) is 7.46. The molecule has 27 heavy (non-hydrogen) atoms. The largest absolute Gasteiger partial charge is 0.493 e. The number of fused-ring (bicyclic) bond motifs is 1. The number of methoxy groups -OCH3 is 1. The van der Waals surface area contributed by atoms with Gasteiger partial charge in [0.05, 0.1) is 13.2 Å². The molecule has 0 radical (unpaired) electrons. The van der Waals surface area contributed by atoms with Crippen LogP contribution < -0.4 is 14.4 Å². The molecule has 1 fully saturated rings. The molecule has 1 atom stereocenters. The minimum atomic E-state index is -0.138. The lowest BCUT2D eigenvalue weighted by Crippen LogP contribution is -2.36. The molecule has 2 aromatic rings. The molecule has 2 aliphatic rings. The summed E-state index contributed by atoms with van der Waals surface area (Å²) in [5.41, 5.74) is 2.61. The van der Waals surface area contributed by atoms with Gasteiger partial charge in [-0.05, 0) is 58.0 Å². The zero-order chi connectivity index (χ0) is 19.0. The fraction of sp³-hybridized carbons (Fsp3) is 0.409. The van der Waals surface area contributed by atoms with Crippen LogP contribution in [0.5, 0.6) is 11.5 Å². The summed E-state index contributed by atoms with van der Waals surface area (Å²) in [5, 5.41) is 0. The van der Waals surface area contributed by atoms with Crippen molar-refractivity contribution in [3.05, 3.63) is 53.6 Å². The Kier molecular flexibility index (Phi) is 4.79. The van der Waals surface area contributed by atoms with Gasteiger partial charge >= 0.3 is 0 Å². The fourth-order valence-electron chi connectivity index (χ4n) is 4.16. The lowest BCUT2D eigenvalue weighted by Gasteiger charge is -2.31. The molecule has 0 N–H and O–H groups in total. The van der Waals surface area contributed by atoms with Crippen LogP contribution in [0.3, 0.4) is 0 Å². The minimum absolute atomic E-state index is 0.0151. The number of ether oxygens (including phenoxy) is 2. The summed E-state index contributed by atoms with van der Waals surface area (Å²) < 4.78 is 11.7. The van der Waals surface area contributed by atoms with Gasteiger partial charge in [0.25, 0.3) is 5.91 Å². The van der Waals surface area contributed by atoms with Crippen molar-refractivity contribution in [1.82, 2.24) is 4.90 Å². The predicted molar refractivity (Wildman–Crippen MR) is 106 cm³/mol. The molecule has 1 amide bonds. The maximum absolute atomic E-state index is 13.1. The number of hydrogen-bond acceptors (Lipinski definition) is 4. The van der Waals surface area contributed by atoms with E-state index in [-0.39, 0.29) is 18.2 Å². The van der Waals surface area contributed by atoms with Gasteiger partial charge in [0.15, 0.2) is 11.5 Å². The van der Waals surface area contributed by atoms with Crippen molar-refractivity contribution in [1.29, 1.82) is 0 Å². The predicted octanol–water partition coefficient (Wildman–Crippen LogP) is 4.24. The molecular formula is C22H26N2O3. The first-order valence-corrected chi connectivity index (χ1v) is 9.53. The maximum Gasteiger partial charge on any atom is 0.260 e. The Hall–Kier alpha value is -2.53. The van der Waals surface area contributed by atoms with Gasteiger partial charge in [0.1, 0.15) is 6.17 Å². The van der Waals surface area contributed by atoms with Crippen LogP contribution in [0.4, 0.5) is 5.69 Å². The Morgan fingerprint density at radius 2 is 1.78 bits per heavy atom. The lowest BCUT2D eigenvalue weighted by atomic mass is 10.1. The number of anilines is 1. The monoisotopic (exact) mass is 366 g/mol. The van der Waals surface area contributed by atoms with Gasteiger partial charge in [-0.15, -0.1) is 0 Å². The summed E-state index contributed by atoms with van der Waals surface area (Å²) in [5.74, 6) is 1.43. The highest BCUT2D eigenvalue weighted by Crippen LogP contribution is 2.42. The average Bonchev–Trinajstić information content (AvgIpc) is 3.28. The normalized spacial score (nSPS) is 19.6. The first-order chi connectivity index (χ1) is 13.1. The van der Waals surface area contributed by atoms with Crippen molar-refractivity contribution >= 4 is 11.6 Å². The number of rotatable bonds is 5. The molecule has 5 heteroatoms. The summed E-state index contributed by atoms with van der Waals surface area (Å²) in [6.45, 7) is 0. The van der Waals surface area contributed by atoms with Crippen LogP contribution in [0.25, 0.3) is 0 Å². The molecule has 0 spiro atoms. The summed E-state index contributed by atoms with van der Waals surface area (Å²) in [7, 11) is 5.63. The van der Waals surface area contributed by atoms with E-state index in [9.17, 15) is 4.79 Å². The van der Waals surface area contributed by atoms with Crippen molar-refractivity contribution in [2.45, 2.75) is 38.0 Å². The standard InChI is InChI=1S/C22H26N2O3/c1-23(2)21-17-10-6-7-11-18(17)22(25)24(21)15-12-13-19(26-3)20(14-15)27-16-8-4-5-9-16/h6-7,10-14,16,21H,4-5,8-9H2,1-3H3. The lowest BCUT2D eigenvalue weighted by molar-refractivity contribution is 0.0973. The minimum Gasteiger partial charge on any atom is -0.493 e. The number of nitrogens with zero attached hydrogens (tertiary/aromatic N) is 2. The Labute approximate surface area is 160 Å². The van der Waals surface area contributed by atoms with Crippen LogP contribution in [-0.2, 0) is 0 Å². The van der Waals surface area contributed by atoms with Crippen LogP contribution in [0.2, 0.25) is 0 Å². The summed E-state index contributed by atoms with van der Waals surface area (Å²) in [6.07, 6.45) is 4.64. The fourth-order valence-corrected chi connectivity index (χ4v) is 4.16. The molecule has 1 aliphatic heterocycles. The molecule has 1 aliphatic carbocycles. The third kappa shape index (κ3) is 3.16. The number of benzene rings is 2. The van der Waals surface area contributed by atoms with E-state index in [1.807, 2.05) is 61.5 Å². The Morgan fingerprint density at radius 3 is 2.48 bits per heavy atom. The molecule has 2 aromatic carbocycles. The van der Waals surface area contributed by atoms with Crippen molar-refractivity contribution in [2.24, 2.45) is 0 Å². The van der Waals surface area contributed by atoms with Crippen LogP contribution in [-0.4, -0.2) is 38.1 Å². The van der Waals surface area contributed by atoms with E-state index in [0.717, 1.165) is 29.7 Å². The van der Waals surface area contributed by atoms with Gasteiger partial charge in [-0.25, -0.2) is 0 Å². The van der Waals surface area contributed by atoms with E-state index in [2.05, 4.69) is 4.90 Å². The van der Waals surface area contributed by atoms with Crippen LogP contribution in [0, 0.1) is 0 Å². The second-order valence-corrected chi connectivity index (χ2v) is 7.46. The molecule has 5 nitrogen and oxygen atoms in total. The quantitative estimate of drug-likeness (QED) is 0.794. The van der Waals surface area contributed by atoms with E-state index >= 15 is 0 Å². The van der Waals surface area contributed by atoms with Crippen molar-refractivity contribution < 1.29 is 14.3 Å². The average molecular weight is 366 g/mol. The van der Waals surface area contributed by atoms with Gasteiger partial charge < -0.3 is 9.47 Å². The van der Waals surface area contributed by atoms with Gasteiger partial charge in [0.2, 0.25) is 0 Å². The first kappa shape index (κ1) is 17.9. The van der Waals surface area contributed by atoms with E-state index in [4.69, 9.17) is 9.47 Å². The van der Waals surface area contributed by atoms with E-state index in [1.54, 1.807) is 7.11 Å². The summed E-state index contributed by atoms with van der Waals surface area (Å²) in [6, 6.07) is 13.6. The number of amides is 1. The molecule has 1 saturated carbocycles. The van der Waals surface area contributed by atoms with E-state index < -0.39 is 0 Å². The maximum atomic E-state index is 13.1. The molecule has 4 rings (SSSR count). The summed E-state index contributed by atoms with van der Waals surface area (Å²) >= 11 is 0. The zero-order valence-corrected chi connectivity index (χ0v) is 16.1. The number of carbonyl (C=O) groups is 1. The van der Waals surface area contributed by atoms with Gasteiger partial charge in [-0.1, -0.05) is 18.2 Å². The second kappa shape index (κ2) is 7.24. The molecule has 0 bridgehead atoms. The van der Waals surface area contributed by atoms with Crippen molar-refractivity contribution in [2.75, 3.05) is 26.1 Å². The van der Waals surface area contributed by atoms with Gasteiger partial charge in [-0.3, -0.25) is 14.6 Å². The van der Waals surface area contributed by atoms with Crippen LogP contribution in [0.15, 0.2) is 42.5 Å². The third-order valence-electron chi connectivity index (χ3n) is 5.44. The number of hydrogen-bond donors (Lipinski definition) is 0. The Balaban J connectivity index is 1.72. The Morgan fingerprint density at radius 1 is 1.04 bits per heavy atom. The smallest absolute Gasteiger partial charge is 0.260 e. The molecule has 1 heterocycles. The van der Waals surface area contributed by atoms with Crippen LogP contribution >= 0.6 is 0 Å². The first-order valence-electron chi connectivity index (χ1n) is 9.53. The highest BCUT2D eigenvalue weighted by Gasteiger charge is 2.39. The summed E-state index contributed by atoms with van der Waals surface area (Å²) in [4.78, 5) is 17.0. The topological polar surface area (TPSA) is 42.0 Å². The van der Waals surface area contributed by atoms with Crippen molar-refractivity contribution in [3.63, 3.8) is 0 Å². The highest BCUT2D eigenvalue weighted by atomic mass is 16.5. The third-order valence-corrected chi connectivity index (χ3v) is 5.44. The number of carbonyl (C=O) groups excluding carboxylic acids is 1. The molecular weight excluding hydrogens is 340 g/mol. The molecule has 0 aromatic heterocycles.